The highest BCUT2D eigenvalue weighted by molar-refractivity contribution is 8.76. The van der Waals surface area contributed by atoms with E-state index in [0.29, 0.717) is 0 Å². The standard InChI is InChI=1S/C12H17NS2/c1-2-4-8-11(7-3-1)14-15-12-9-5-6-10-13-12/h5-6,9-11H,1-4,7-8H2. The van der Waals surface area contributed by atoms with E-state index in [2.05, 4.69) is 17.1 Å². The molecular weight excluding hydrogens is 222 g/mol. The minimum Gasteiger partial charge on any atom is -0.249 e. The molecule has 0 aromatic carbocycles. The van der Waals surface area contributed by atoms with Crippen LogP contribution in [-0.4, -0.2) is 10.2 Å². The van der Waals surface area contributed by atoms with E-state index >= 15 is 0 Å². The predicted molar refractivity (Wildman–Crippen MR) is 69.2 cm³/mol. The summed E-state index contributed by atoms with van der Waals surface area (Å²) in [6, 6.07) is 6.12. The normalized spacial score (nSPS) is 18.7. The number of hydrogen-bond acceptors (Lipinski definition) is 3. The quantitative estimate of drug-likeness (QED) is 0.567. The van der Waals surface area contributed by atoms with Crippen LogP contribution in [0.3, 0.4) is 0 Å². The van der Waals surface area contributed by atoms with Crippen molar-refractivity contribution in [3.05, 3.63) is 24.4 Å². The molecule has 1 aromatic rings. The molecule has 0 saturated heterocycles. The first kappa shape index (κ1) is 11.3. The smallest absolute Gasteiger partial charge is 0.106 e. The van der Waals surface area contributed by atoms with Crippen LogP contribution in [0.5, 0.6) is 0 Å². The monoisotopic (exact) mass is 239 g/mol. The van der Waals surface area contributed by atoms with Crippen molar-refractivity contribution in [2.24, 2.45) is 0 Å². The van der Waals surface area contributed by atoms with Gasteiger partial charge in [-0.3, -0.25) is 0 Å². The van der Waals surface area contributed by atoms with Crippen LogP contribution < -0.4 is 0 Å². The van der Waals surface area contributed by atoms with Crippen molar-refractivity contribution in [3.63, 3.8) is 0 Å². The van der Waals surface area contributed by atoms with Gasteiger partial charge in [0.25, 0.3) is 0 Å². The second-order valence-corrected chi connectivity index (χ2v) is 6.48. The molecule has 0 bridgehead atoms. The molecule has 0 atom stereocenters. The third kappa shape index (κ3) is 4.07. The van der Waals surface area contributed by atoms with Gasteiger partial charge in [-0.1, -0.05) is 42.5 Å². The van der Waals surface area contributed by atoms with Gasteiger partial charge in [-0.15, -0.1) is 0 Å². The molecule has 0 N–H and O–H groups in total. The van der Waals surface area contributed by atoms with E-state index in [1.807, 2.05) is 33.9 Å². The molecule has 0 unspecified atom stereocenters. The van der Waals surface area contributed by atoms with E-state index in [0.717, 1.165) is 10.3 Å². The summed E-state index contributed by atoms with van der Waals surface area (Å²) >= 11 is 0. The predicted octanol–water partition coefficient (Wildman–Crippen LogP) is 4.54. The molecule has 1 aliphatic carbocycles. The van der Waals surface area contributed by atoms with Gasteiger partial charge in [-0.25, -0.2) is 4.98 Å². The van der Waals surface area contributed by atoms with Crippen LogP contribution in [0.25, 0.3) is 0 Å². The molecule has 1 saturated carbocycles. The number of hydrogen-bond donors (Lipinski definition) is 0. The molecule has 0 amide bonds. The van der Waals surface area contributed by atoms with Gasteiger partial charge in [0, 0.05) is 11.4 Å². The van der Waals surface area contributed by atoms with Crippen LogP contribution in [0.15, 0.2) is 29.4 Å². The number of rotatable bonds is 3. The van der Waals surface area contributed by atoms with Crippen LogP contribution in [-0.2, 0) is 0 Å². The van der Waals surface area contributed by atoms with Crippen molar-refractivity contribution in [2.75, 3.05) is 0 Å². The van der Waals surface area contributed by atoms with Crippen molar-refractivity contribution in [3.8, 4) is 0 Å². The zero-order valence-electron chi connectivity index (χ0n) is 8.89. The van der Waals surface area contributed by atoms with Crippen LogP contribution in [0, 0.1) is 0 Å². The average molecular weight is 239 g/mol. The Morgan fingerprint density at radius 2 is 1.87 bits per heavy atom. The molecule has 1 aromatic heterocycles. The van der Waals surface area contributed by atoms with Gasteiger partial charge < -0.3 is 0 Å². The van der Waals surface area contributed by atoms with E-state index in [1.165, 1.54) is 38.5 Å². The second kappa shape index (κ2) is 6.44. The zero-order valence-corrected chi connectivity index (χ0v) is 10.5. The van der Waals surface area contributed by atoms with E-state index in [-0.39, 0.29) is 0 Å². The molecule has 0 spiro atoms. The summed E-state index contributed by atoms with van der Waals surface area (Å²) in [5.41, 5.74) is 0. The Balaban J connectivity index is 1.77. The first-order chi connectivity index (χ1) is 7.45. The van der Waals surface area contributed by atoms with Crippen molar-refractivity contribution in [1.82, 2.24) is 4.98 Å². The summed E-state index contributed by atoms with van der Waals surface area (Å²) in [5.74, 6) is 0. The maximum absolute atomic E-state index is 4.33. The second-order valence-electron chi connectivity index (χ2n) is 3.96. The summed E-state index contributed by atoms with van der Waals surface area (Å²) in [4.78, 5) is 4.33. The minimum atomic E-state index is 0.847. The lowest BCUT2D eigenvalue weighted by Gasteiger charge is -2.11. The van der Waals surface area contributed by atoms with Crippen LogP contribution in [0.4, 0.5) is 0 Å². The third-order valence-corrected chi connectivity index (χ3v) is 5.58. The van der Waals surface area contributed by atoms with E-state index in [9.17, 15) is 0 Å². The van der Waals surface area contributed by atoms with Gasteiger partial charge in [0.15, 0.2) is 0 Å². The summed E-state index contributed by atoms with van der Waals surface area (Å²) in [5, 5.41) is 1.99. The summed E-state index contributed by atoms with van der Waals surface area (Å²) < 4.78 is 0. The molecule has 15 heavy (non-hydrogen) atoms. The Morgan fingerprint density at radius 1 is 1.07 bits per heavy atom. The molecule has 3 heteroatoms. The fraction of sp³-hybridized carbons (Fsp3) is 0.583. The van der Waals surface area contributed by atoms with Gasteiger partial charge in [0.1, 0.15) is 5.03 Å². The summed E-state index contributed by atoms with van der Waals surface area (Å²) in [6.07, 6.45) is 10.4. The highest BCUT2D eigenvalue weighted by Crippen LogP contribution is 2.38. The lowest BCUT2D eigenvalue weighted by Crippen LogP contribution is -1.97. The first-order valence-electron chi connectivity index (χ1n) is 5.69. The van der Waals surface area contributed by atoms with Crippen molar-refractivity contribution < 1.29 is 0 Å². The maximum atomic E-state index is 4.33. The molecular formula is C12H17NS2. The van der Waals surface area contributed by atoms with Crippen LogP contribution in [0.1, 0.15) is 38.5 Å². The molecule has 82 valence electrons. The summed E-state index contributed by atoms with van der Waals surface area (Å²) in [7, 11) is 3.86. The minimum absolute atomic E-state index is 0.847. The molecule has 1 aliphatic rings. The summed E-state index contributed by atoms with van der Waals surface area (Å²) in [6.45, 7) is 0. The highest BCUT2D eigenvalue weighted by atomic mass is 33.1. The lowest BCUT2D eigenvalue weighted by molar-refractivity contribution is 0.702. The van der Waals surface area contributed by atoms with Gasteiger partial charge in [0.05, 0.1) is 0 Å². The Hall–Kier alpha value is -0.150. The lowest BCUT2D eigenvalue weighted by atomic mass is 10.2. The molecule has 1 heterocycles. The average Bonchev–Trinajstić information content (AvgIpc) is 2.56. The Labute approximate surface area is 99.8 Å². The molecule has 0 radical (unpaired) electrons. The zero-order chi connectivity index (χ0) is 10.3. The third-order valence-electron chi connectivity index (χ3n) is 2.71. The molecule has 1 fully saturated rings. The van der Waals surface area contributed by atoms with Crippen LogP contribution in [0.2, 0.25) is 0 Å². The highest BCUT2D eigenvalue weighted by Gasteiger charge is 2.13. The Bertz CT molecular complexity index is 268. The Morgan fingerprint density at radius 3 is 2.53 bits per heavy atom. The van der Waals surface area contributed by atoms with Crippen LogP contribution >= 0.6 is 21.6 Å². The molecule has 2 rings (SSSR count). The fourth-order valence-electron chi connectivity index (χ4n) is 1.85. The Kier molecular flexibility index (Phi) is 4.87. The van der Waals surface area contributed by atoms with Gasteiger partial charge in [-0.05, 0) is 35.8 Å². The maximum Gasteiger partial charge on any atom is 0.106 e. The molecule has 0 aliphatic heterocycles. The van der Waals surface area contributed by atoms with E-state index < -0.39 is 0 Å². The first-order valence-corrected chi connectivity index (χ1v) is 7.91. The number of aromatic nitrogens is 1. The SMILES string of the molecule is c1ccc(SSC2CCCCCC2)nc1. The topological polar surface area (TPSA) is 12.9 Å². The van der Waals surface area contributed by atoms with Gasteiger partial charge in [0.2, 0.25) is 0 Å². The van der Waals surface area contributed by atoms with Gasteiger partial charge >= 0.3 is 0 Å². The largest absolute Gasteiger partial charge is 0.249 e. The van der Waals surface area contributed by atoms with Crippen molar-refractivity contribution >= 4 is 21.6 Å². The van der Waals surface area contributed by atoms with Crippen molar-refractivity contribution in [1.29, 1.82) is 0 Å². The van der Waals surface area contributed by atoms with E-state index in [4.69, 9.17) is 0 Å². The fourth-order valence-corrected chi connectivity index (χ4v) is 4.43. The van der Waals surface area contributed by atoms with Gasteiger partial charge in [-0.2, -0.15) is 0 Å². The van der Waals surface area contributed by atoms with Crippen molar-refractivity contribution in [2.45, 2.75) is 48.8 Å². The molecule has 1 nitrogen and oxygen atoms in total. The number of pyridine rings is 1. The van der Waals surface area contributed by atoms with E-state index in [1.54, 1.807) is 0 Å². The number of nitrogens with zero attached hydrogens (tertiary/aromatic N) is 1.